The van der Waals surface area contributed by atoms with E-state index in [1.165, 1.54) is 31.0 Å². The molecule has 3 rings (SSSR count). The summed E-state index contributed by atoms with van der Waals surface area (Å²) in [5.41, 5.74) is 0.211. The van der Waals surface area contributed by atoms with E-state index >= 15 is 0 Å². The van der Waals surface area contributed by atoms with Gasteiger partial charge in [-0.1, -0.05) is 18.9 Å². The lowest BCUT2D eigenvalue weighted by Gasteiger charge is -2.34. The minimum Gasteiger partial charge on any atom is -0.365 e. The summed E-state index contributed by atoms with van der Waals surface area (Å²) >= 11 is 0. The van der Waals surface area contributed by atoms with Gasteiger partial charge in [-0.25, -0.2) is 8.78 Å². The molecule has 1 aliphatic carbocycles. The minimum absolute atomic E-state index is 0.0607. The molecule has 104 valence electrons. The molecule has 0 amide bonds. The van der Waals surface area contributed by atoms with Crippen molar-refractivity contribution in [2.24, 2.45) is 0 Å². The van der Waals surface area contributed by atoms with Crippen LogP contribution in [0.4, 0.5) is 14.5 Å². The molecule has 1 spiro atoms. The summed E-state index contributed by atoms with van der Waals surface area (Å²) in [4.78, 5) is 1.90. The van der Waals surface area contributed by atoms with Gasteiger partial charge in [-0.05, 0) is 37.9 Å². The normalized spacial score (nSPS) is 22.7. The third kappa shape index (κ3) is 2.46. The lowest BCUT2D eigenvalue weighted by atomic mass is 9.97. The largest absolute Gasteiger partial charge is 0.365 e. The average Bonchev–Trinajstić information content (AvgIpc) is 2.72. The summed E-state index contributed by atoms with van der Waals surface area (Å²) in [6.07, 6.45) is 5.57. The first kappa shape index (κ1) is 12.9. The van der Waals surface area contributed by atoms with Crippen molar-refractivity contribution in [3.8, 4) is 0 Å². The van der Waals surface area contributed by atoms with E-state index in [-0.39, 0.29) is 11.2 Å². The number of anilines is 1. The topological polar surface area (TPSA) is 15.3 Å². The van der Waals surface area contributed by atoms with E-state index in [1.807, 2.05) is 4.90 Å². The third-order valence-electron chi connectivity index (χ3n) is 4.41. The van der Waals surface area contributed by atoms with Crippen molar-refractivity contribution in [2.45, 2.75) is 37.6 Å². The number of halogens is 2. The molecule has 0 unspecified atom stereocenters. The Balaban J connectivity index is 1.90. The summed E-state index contributed by atoms with van der Waals surface area (Å²) in [6.45, 7) is 2.37. The van der Waals surface area contributed by atoms with E-state index in [1.54, 1.807) is 0 Å². The van der Waals surface area contributed by atoms with Crippen LogP contribution in [-0.4, -0.2) is 25.2 Å². The average molecular weight is 266 g/mol. The van der Waals surface area contributed by atoms with Crippen molar-refractivity contribution < 1.29 is 8.78 Å². The summed E-state index contributed by atoms with van der Waals surface area (Å²) in [5.74, 6) is -0.898. The standard InChI is InChI=1S/C15H20F2N2/c16-12-5-3-6-13(17)14(12)19-10-4-9-18-15(11-19)7-1-2-8-15/h3,5-6,18H,1-2,4,7-11H2. The monoisotopic (exact) mass is 266 g/mol. The van der Waals surface area contributed by atoms with Crippen molar-refractivity contribution in [1.82, 2.24) is 5.32 Å². The van der Waals surface area contributed by atoms with Crippen LogP contribution >= 0.6 is 0 Å². The maximum atomic E-state index is 13.9. The molecule has 1 heterocycles. The molecular formula is C15H20F2N2. The summed E-state index contributed by atoms with van der Waals surface area (Å²) in [7, 11) is 0. The number of nitrogens with one attached hydrogen (secondary N) is 1. The van der Waals surface area contributed by atoms with Crippen LogP contribution in [0.5, 0.6) is 0 Å². The molecular weight excluding hydrogens is 246 g/mol. The van der Waals surface area contributed by atoms with E-state index in [4.69, 9.17) is 0 Å². The van der Waals surface area contributed by atoms with E-state index in [2.05, 4.69) is 5.32 Å². The van der Waals surface area contributed by atoms with Crippen LogP contribution in [0.1, 0.15) is 32.1 Å². The van der Waals surface area contributed by atoms with Crippen molar-refractivity contribution in [1.29, 1.82) is 0 Å². The zero-order chi connectivity index (χ0) is 13.3. The van der Waals surface area contributed by atoms with Crippen LogP contribution in [0.25, 0.3) is 0 Å². The molecule has 1 N–H and O–H groups in total. The van der Waals surface area contributed by atoms with E-state index < -0.39 is 11.6 Å². The van der Waals surface area contributed by atoms with Gasteiger partial charge in [0.05, 0.1) is 0 Å². The Morgan fingerprint density at radius 3 is 2.42 bits per heavy atom. The van der Waals surface area contributed by atoms with Gasteiger partial charge >= 0.3 is 0 Å². The quantitative estimate of drug-likeness (QED) is 0.840. The van der Waals surface area contributed by atoms with Crippen molar-refractivity contribution in [3.05, 3.63) is 29.8 Å². The first-order chi connectivity index (χ1) is 9.20. The number of rotatable bonds is 1. The van der Waals surface area contributed by atoms with Gasteiger partial charge in [0.15, 0.2) is 0 Å². The van der Waals surface area contributed by atoms with Gasteiger partial charge in [-0.15, -0.1) is 0 Å². The maximum absolute atomic E-state index is 13.9. The van der Waals surface area contributed by atoms with Gasteiger partial charge in [-0.3, -0.25) is 0 Å². The molecule has 1 aliphatic heterocycles. The Kier molecular flexibility index (Phi) is 3.44. The molecule has 2 aliphatic rings. The Labute approximate surface area is 112 Å². The second kappa shape index (κ2) is 5.08. The fourth-order valence-electron chi connectivity index (χ4n) is 3.49. The first-order valence-electron chi connectivity index (χ1n) is 7.14. The molecule has 0 atom stereocenters. The Morgan fingerprint density at radius 2 is 1.74 bits per heavy atom. The second-order valence-corrected chi connectivity index (χ2v) is 5.76. The first-order valence-corrected chi connectivity index (χ1v) is 7.14. The van der Waals surface area contributed by atoms with Gasteiger partial charge in [0.1, 0.15) is 17.3 Å². The molecule has 1 aromatic rings. The SMILES string of the molecule is Fc1cccc(F)c1N1CCCNC2(CCCC2)C1. The van der Waals surface area contributed by atoms with Crippen molar-refractivity contribution in [2.75, 3.05) is 24.5 Å². The van der Waals surface area contributed by atoms with Gasteiger partial charge in [0, 0.05) is 18.6 Å². The Bertz CT molecular complexity index is 435. The zero-order valence-electron chi connectivity index (χ0n) is 11.1. The summed E-state index contributed by atoms with van der Waals surface area (Å²) in [6, 6.07) is 4.12. The van der Waals surface area contributed by atoms with Crippen LogP contribution < -0.4 is 10.2 Å². The lowest BCUT2D eigenvalue weighted by Crippen LogP contribution is -2.49. The lowest BCUT2D eigenvalue weighted by molar-refractivity contribution is 0.353. The van der Waals surface area contributed by atoms with Gasteiger partial charge in [0.2, 0.25) is 0 Å². The fraction of sp³-hybridized carbons (Fsp3) is 0.600. The highest BCUT2D eigenvalue weighted by atomic mass is 19.1. The van der Waals surface area contributed by atoms with E-state index in [0.717, 1.165) is 25.8 Å². The number of hydrogen-bond donors (Lipinski definition) is 1. The molecule has 1 saturated heterocycles. The molecule has 0 aromatic heterocycles. The number of hydrogen-bond acceptors (Lipinski definition) is 2. The molecule has 0 bridgehead atoms. The number of benzene rings is 1. The smallest absolute Gasteiger partial charge is 0.149 e. The van der Waals surface area contributed by atoms with Crippen molar-refractivity contribution >= 4 is 5.69 Å². The Morgan fingerprint density at radius 1 is 1.05 bits per heavy atom. The molecule has 2 fully saturated rings. The van der Waals surface area contributed by atoms with Crippen LogP contribution in [0, 0.1) is 11.6 Å². The van der Waals surface area contributed by atoms with Crippen LogP contribution in [-0.2, 0) is 0 Å². The third-order valence-corrected chi connectivity index (χ3v) is 4.41. The minimum atomic E-state index is -0.449. The molecule has 1 saturated carbocycles. The van der Waals surface area contributed by atoms with Crippen LogP contribution in [0.3, 0.4) is 0 Å². The van der Waals surface area contributed by atoms with Crippen LogP contribution in [0.15, 0.2) is 18.2 Å². The van der Waals surface area contributed by atoms with Gasteiger partial charge in [0.25, 0.3) is 0 Å². The van der Waals surface area contributed by atoms with Gasteiger partial charge in [-0.2, -0.15) is 0 Å². The van der Waals surface area contributed by atoms with Crippen LogP contribution in [0.2, 0.25) is 0 Å². The fourth-order valence-corrected chi connectivity index (χ4v) is 3.49. The highest BCUT2D eigenvalue weighted by Gasteiger charge is 2.37. The maximum Gasteiger partial charge on any atom is 0.149 e. The highest BCUT2D eigenvalue weighted by molar-refractivity contribution is 5.50. The van der Waals surface area contributed by atoms with E-state index in [9.17, 15) is 8.78 Å². The van der Waals surface area contributed by atoms with Crippen molar-refractivity contribution in [3.63, 3.8) is 0 Å². The number of nitrogens with zero attached hydrogens (tertiary/aromatic N) is 1. The zero-order valence-corrected chi connectivity index (χ0v) is 11.1. The second-order valence-electron chi connectivity index (χ2n) is 5.76. The van der Waals surface area contributed by atoms with E-state index in [0.29, 0.717) is 13.1 Å². The molecule has 4 heteroatoms. The molecule has 19 heavy (non-hydrogen) atoms. The highest BCUT2D eigenvalue weighted by Crippen LogP contribution is 2.34. The molecule has 0 radical (unpaired) electrons. The Hall–Kier alpha value is -1.16. The summed E-state index contributed by atoms with van der Waals surface area (Å²) in [5, 5.41) is 3.61. The van der Waals surface area contributed by atoms with Gasteiger partial charge < -0.3 is 10.2 Å². The molecule has 2 nitrogen and oxygen atoms in total. The predicted octanol–water partition coefficient (Wildman–Crippen LogP) is 3.08. The number of para-hydroxylation sites is 1. The molecule has 1 aromatic carbocycles. The predicted molar refractivity (Wildman–Crippen MR) is 72.4 cm³/mol. The summed E-state index contributed by atoms with van der Waals surface area (Å²) < 4.78 is 27.9.